The number of nitrogens with zero attached hydrogens (tertiary/aromatic N) is 3. The average molecular weight is 540 g/mol. The summed E-state index contributed by atoms with van der Waals surface area (Å²) in [5, 5.41) is 10.3. The predicted molar refractivity (Wildman–Crippen MR) is 154 cm³/mol. The average Bonchev–Trinajstić information content (AvgIpc) is 3.28. The first-order valence-electron chi connectivity index (χ1n) is 16.3. The number of carbonyl (C=O) groups is 2. The van der Waals surface area contributed by atoms with Crippen LogP contribution in [0.5, 0.6) is 0 Å². The molecule has 0 aromatic heterocycles. The predicted octanol–water partition coefficient (Wildman–Crippen LogP) is 5.70. The summed E-state index contributed by atoms with van der Waals surface area (Å²) in [4.78, 5) is 31.8. The molecule has 6 heteroatoms. The van der Waals surface area contributed by atoms with Crippen LogP contribution in [0.1, 0.15) is 98.3 Å². The summed E-state index contributed by atoms with van der Waals surface area (Å²) in [6, 6.07) is 0.523. The van der Waals surface area contributed by atoms with Crippen molar-refractivity contribution >= 4 is 11.9 Å². The van der Waals surface area contributed by atoms with E-state index < -0.39 is 0 Å². The summed E-state index contributed by atoms with van der Waals surface area (Å²) in [6.07, 6.45) is 14.7. The molecule has 2 heterocycles. The first-order valence-corrected chi connectivity index (χ1v) is 16.3. The number of allylic oxidation sites excluding steroid dienone is 1. The van der Waals surface area contributed by atoms with Crippen LogP contribution in [-0.4, -0.2) is 76.6 Å². The highest BCUT2D eigenvalue weighted by Gasteiger charge is 2.59. The Hall–Kier alpha value is -1.56. The lowest BCUT2D eigenvalue weighted by Crippen LogP contribution is -2.59. The van der Waals surface area contributed by atoms with E-state index in [9.17, 15) is 14.7 Å². The number of piperazine rings is 1. The molecule has 0 bridgehead atoms. The van der Waals surface area contributed by atoms with E-state index in [4.69, 9.17) is 0 Å². The van der Waals surface area contributed by atoms with E-state index in [0.29, 0.717) is 55.4 Å². The summed E-state index contributed by atoms with van der Waals surface area (Å²) in [5.74, 6) is 3.97. The highest BCUT2D eigenvalue weighted by atomic mass is 16.3. The lowest BCUT2D eigenvalue weighted by molar-refractivity contribution is -0.133. The summed E-state index contributed by atoms with van der Waals surface area (Å²) < 4.78 is 0. The minimum atomic E-state index is -0.130. The Labute approximate surface area is 236 Å². The van der Waals surface area contributed by atoms with Gasteiger partial charge in [0.05, 0.1) is 6.10 Å². The second-order valence-electron chi connectivity index (χ2n) is 14.9. The summed E-state index contributed by atoms with van der Waals surface area (Å²) >= 11 is 0. The van der Waals surface area contributed by atoms with E-state index in [1.54, 1.807) is 5.57 Å². The summed E-state index contributed by atoms with van der Waals surface area (Å²) in [6.45, 7) is 13.2. The van der Waals surface area contributed by atoms with Gasteiger partial charge in [-0.05, 0) is 112 Å². The van der Waals surface area contributed by atoms with Crippen LogP contribution in [0.15, 0.2) is 11.6 Å². The molecule has 39 heavy (non-hydrogen) atoms. The van der Waals surface area contributed by atoms with Gasteiger partial charge in [-0.15, -0.1) is 0 Å². The maximum Gasteiger partial charge on any atom is 0.320 e. The van der Waals surface area contributed by atoms with Gasteiger partial charge in [-0.2, -0.15) is 0 Å². The number of aliphatic hydroxyl groups is 1. The van der Waals surface area contributed by atoms with Gasteiger partial charge in [-0.3, -0.25) is 4.79 Å². The highest BCUT2D eigenvalue weighted by Crippen LogP contribution is 2.67. The minimum absolute atomic E-state index is 0.130. The first kappa shape index (κ1) is 27.6. The molecular formula is C33H53N3O3. The van der Waals surface area contributed by atoms with Gasteiger partial charge < -0.3 is 19.8 Å². The van der Waals surface area contributed by atoms with Crippen molar-refractivity contribution in [2.45, 2.75) is 110 Å². The molecule has 1 N–H and O–H groups in total. The van der Waals surface area contributed by atoms with Crippen molar-refractivity contribution in [3.8, 4) is 0 Å². The molecule has 0 spiro atoms. The zero-order valence-corrected chi connectivity index (χ0v) is 25.0. The van der Waals surface area contributed by atoms with E-state index in [-0.39, 0.29) is 18.0 Å². The fraction of sp³-hybridized carbons (Fsp3) is 0.879. The van der Waals surface area contributed by atoms with Crippen molar-refractivity contribution in [1.82, 2.24) is 14.7 Å². The SMILES string of the molecule is CC(CCC(=O)N1CCN(C(=O)N2CCC2C)CC1)[C@H]1CC[C@H]2[C@@H]3CC=C4C[C@@H](O)CC[C@]4(C)[C@H]3CC[C@]12C. The quantitative estimate of drug-likeness (QED) is 0.466. The number of rotatable bonds is 4. The van der Waals surface area contributed by atoms with Crippen molar-refractivity contribution < 1.29 is 14.7 Å². The third-order valence-electron chi connectivity index (χ3n) is 13.1. The van der Waals surface area contributed by atoms with Crippen molar-refractivity contribution in [2.75, 3.05) is 32.7 Å². The molecule has 2 unspecified atom stereocenters. The second-order valence-corrected chi connectivity index (χ2v) is 14.9. The number of likely N-dealkylation sites (tertiary alicyclic amines) is 1. The van der Waals surface area contributed by atoms with Gasteiger partial charge in [-0.25, -0.2) is 4.79 Å². The molecule has 2 aliphatic heterocycles. The van der Waals surface area contributed by atoms with Crippen LogP contribution in [0.25, 0.3) is 0 Å². The first-order chi connectivity index (χ1) is 18.6. The van der Waals surface area contributed by atoms with Gasteiger partial charge in [0, 0.05) is 45.2 Å². The van der Waals surface area contributed by atoms with Gasteiger partial charge in [0.2, 0.25) is 5.91 Å². The molecule has 0 aromatic rings. The maximum atomic E-state index is 13.2. The number of fused-ring (bicyclic) bond motifs is 5. The number of carbonyl (C=O) groups excluding carboxylic acids is 2. The largest absolute Gasteiger partial charge is 0.393 e. The standard InChI is InChI=1S/C33H53N3O3/c1-22(5-10-30(38)34-17-19-35(20-18-34)31(39)36-16-13-23(36)2)27-8-9-28-26-7-6-24-21-25(37)11-14-32(24,3)29(26)12-15-33(27,28)4/h6,22-23,25-29,37H,5,7-21H2,1-4H3/t22?,23?,25-,26-,27+,28-,29-,32-,33+/m0/s1. The summed E-state index contributed by atoms with van der Waals surface area (Å²) in [7, 11) is 0. The molecule has 5 fully saturated rings. The van der Waals surface area contributed by atoms with Crippen LogP contribution in [0.2, 0.25) is 0 Å². The Morgan fingerprint density at radius 1 is 0.974 bits per heavy atom. The normalized spacial score (nSPS) is 42.6. The monoisotopic (exact) mass is 539 g/mol. The van der Waals surface area contributed by atoms with E-state index in [2.05, 4.69) is 33.8 Å². The molecule has 3 amide bonds. The topological polar surface area (TPSA) is 64.1 Å². The molecule has 2 saturated heterocycles. The number of hydrogen-bond acceptors (Lipinski definition) is 3. The van der Waals surface area contributed by atoms with Crippen molar-refractivity contribution in [3.05, 3.63) is 11.6 Å². The van der Waals surface area contributed by atoms with Gasteiger partial charge >= 0.3 is 6.03 Å². The Kier molecular flexibility index (Phi) is 7.34. The molecule has 9 atom stereocenters. The van der Waals surface area contributed by atoms with Crippen LogP contribution in [0.4, 0.5) is 4.79 Å². The number of hydrogen-bond donors (Lipinski definition) is 1. The van der Waals surface area contributed by atoms with Gasteiger partial charge in [0.15, 0.2) is 0 Å². The number of aliphatic hydroxyl groups excluding tert-OH is 1. The molecule has 4 aliphatic carbocycles. The molecule has 6 nitrogen and oxygen atoms in total. The van der Waals surface area contributed by atoms with Gasteiger partial charge in [-0.1, -0.05) is 32.4 Å². The third kappa shape index (κ3) is 4.65. The maximum absolute atomic E-state index is 13.2. The molecule has 0 aromatic carbocycles. The Morgan fingerprint density at radius 2 is 1.72 bits per heavy atom. The Bertz CT molecular complexity index is 989. The minimum Gasteiger partial charge on any atom is -0.393 e. The molecule has 3 saturated carbocycles. The highest BCUT2D eigenvalue weighted by molar-refractivity contribution is 5.78. The fourth-order valence-electron chi connectivity index (χ4n) is 10.5. The second kappa shape index (κ2) is 10.4. The molecule has 6 aliphatic rings. The lowest BCUT2D eigenvalue weighted by atomic mass is 9.47. The number of urea groups is 1. The zero-order chi connectivity index (χ0) is 27.5. The number of amides is 3. The third-order valence-corrected chi connectivity index (χ3v) is 13.1. The van der Waals surface area contributed by atoms with E-state index in [1.807, 2.05) is 14.7 Å². The van der Waals surface area contributed by atoms with Crippen molar-refractivity contribution in [3.63, 3.8) is 0 Å². The molecule has 6 rings (SSSR count). The van der Waals surface area contributed by atoms with Gasteiger partial charge in [0.1, 0.15) is 0 Å². The van der Waals surface area contributed by atoms with Crippen LogP contribution in [-0.2, 0) is 4.79 Å². The van der Waals surface area contributed by atoms with Crippen molar-refractivity contribution in [1.29, 1.82) is 0 Å². The van der Waals surface area contributed by atoms with Crippen LogP contribution in [0.3, 0.4) is 0 Å². The van der Waals surface area contributed by atoms with Crippen LogP contribution < -0.4 is 0 Å². The van der Waals surface area contributed by atoms with E-state index in [0.717, 1.165) is 62.3 Å². The Morgan fingerprint density at radius 3 is 2.41 bits per heavy atom. The molecule has 218 valence electrons. The van der Waals surface area contributed by atoms with Crippen LogP contribution in [0, 0.1) is 40.4 Å². The lowest BCUT2D eigenvalue weighted by Gasteiger charge is -2.58. The Balaban J connectivity index is 1.02. The summed E-state index contributed by atoms with van der Waals surface area (Å²) in [5.41, 5.74) is 2.27. The van der Waals surface area contributed by atoms with E-state index in [1.165, 1.54) is 32.1 Å². The fourth-order valence-corrected chi connectivity index (χ4v) is 10.5. The van der Waals surface area contributed by atoms with E-state index >= 15 is 0 Å². The van der Waals surface area contributed by atoms with Crippen molar-refractivity contribution in [2.24, 2.45) is 40.4 Å². The zero-order valence-electron chi connectivity index (χ0n) is 25.0. The van der Waals surface area contributed by atoms with Gasteiger partial charge in [0.25, 0.3) is 0 Å². The molecule has 0 radical (unpaired) electrons. The smallest absolute Gasteiger partial charge is 0.320 e. The van der Waals surface area contributed by atoms with Crippen LogP contribution >= 0.6 is 0 Å². The molecular weight excluding hydrogens is 486 g/mol.